The van der Waals surface area contributed by atoms with Crippen LogP contribution >= 0.6 is 0 Å². The molecule has 0 saturated carbocycles. The van der Waals surface area contributed by atoms with E-state index in [1.54, 1.807) is 18.2 Å². The summed E-state index contributed by atoms with van der Waals surface area (Å²) in [6.45, 7) is 1.69. The highest BCUT2D eigenvalue weighted by molar-refractivity contribution is 5.89. The normalized spacial score (nSPS) is 15.3. The number of aromatic carboxylic acids is 1. The second kappa shape index (κ2) is 3.64. The van der Waals surface area contributed by atoms with E-state index in [9.17, 15) is 4.79 Å². The number of nitrogens with one attached hydrogen (secondary N) is 1. The molecule has 0 unspecified atom stereocenters. The molecule has 1 heterocycles. The summed E-state index contributed by atoms with van der Waals surface area (Å²) < 4.78 is 0. The van der Waals surface area contributed by atoms with Gasteiger partial charge in [-0.3, -0.25) is 0 Å². The zero-order valence-corrected chi connectivity index (χ0v) is 7.66. The molecule has 1 aromatic rings. The molecule has 1 aliphatic rings. The molecule has 1 aromatic carbocycles. The molecular weight excluding hydrogens is 178 g/mol. The van der Waals surface area contributed by atoms with Crippen molar-refractivity contribution in [2.24, 2.45) is 0 Å². The van der Waals surface area contributed by atoms with Crippen LogP contribution < -0.4 is 5.32 Å². The Bertz CT molecular complexity index is 396. The summed E-state index contributed by atoms with van der Waals surface area (Å²) in [4.78, 5) is 10.7. The highest BCUT2D eigenvalue weighted by Crippen LogP contribution is 2.17. The standard InChI is InChI=1S/C11H11NO2/c13-11(14)9-3-1-2-8(6-9)10-4-5-12-7-10/h1-4,6,12H,5,7H2,(H,13,14). The average molecular weight is 189 g/mol. The van der Waals surface area contributed by atoms with Crippen LogP contribution in [0.25, 0.3) is 5.57 Å². The van der Waals surface area contributed by atoms with E-state index in [1.807, 2.05) is 6.07 Å². The van der Waals surface area contributed by atoms with Crippen molar-refractivity contribution in [2.45, 2.75) is 0 Å². The molecule has 3 nitrogen and oxygen atoms in total. The zero-order chi connectivity index (χ0) is 9.97. The van der Waals surface area contributed by atoms with Gasteiger partial charge in [0.15, 0.2) is 0 Å². The van der Waals surface area contributed by atoms with Gasteiger partial charge in [-0.05, 0) is 23.3 Å². The predicted octanol–water partition coefficient (Wildman–Crippen LogP) is 1.37. The third-order valence-electron chi connectivity index (χ3n) is 2.29. The molecule has 0 aliphatic carbocycles. The second-order valence-electron chi connectivity index (χ2n) is 3.25. The predicted molar refractivity (Wildman–Crippen MR) is 54.2 cm³/mol. The van der Waals surface area contributed by atoms with Gasteiger partial charge in [-0.1, -0.05) is 18.2 Å². The van der Waals surface area contributed by atoms with E-state index in [1.165, 1.54) is 5.57 Å². The van der Waals surface area contributed by atoms with Gasteiger partial charge in [0, 0.05) is 13.1 Å². The number of rotatable bonds is 2. The van der Waals surface area contributed by atoms with E-state index in [0.717, 1.165) is 18.7 Å². The van der Waals surface area contributed by atoms with E-state index in [-0.39, 0.29) is 0 Å². The van der Waals surface area contributed by atoms with Crippen molar-refractivity contribution in [2.75, 3.05) is 13.1 Å². The largest absolute Gasteiger partial charge is 0.478 e. The molecule has 0 amide bonds. The van der Waals surface area contributed by atoms with Gasteiger partial charge in [0.2, 0.25) is 0 Å². The van der Waals surface area contributed by atoms with E-state index < -0.39 is 5.97 Å². The molecule has 0 aromatic heterocycles. The molecule has 0 atom stereocenters. The van der Waals surface area contributed by atoms with Gasteiger partial charge in [-0.15, -0.1) is 0 Å². The van der Waals surface area contributed by atoms with Crippen molar-refractivity contribution in [1.82, 2.24) is 5.32 Å². The molecule has 14 heavy (non-hydrogen) atoms. The maximum atomic E-state index is 10.7. The molecular formula is C11H11NO2. The van der Waals surface area contributed by atoms with Crippen LogP contribution in [0.1, 0.15) is 15.9 Å². The quantitative estimate of drug-likeness (QED) is 0.738. The van der Waals surface area contributed by atoms with Gasteiger partial charge in [-0.25, -0.2) is 4.79 Å². The van der Waals surface area contributed by atoms with Gasteiger partial charge < -0.3 is 10.4 Å². The number of benzene rings is 1. The van der Waals surface area contributed by atoms with Crippen LogP contribution in [-0.4, -0.2) is 24.2 Å². The van der Waals surface area contributed by atoms with E-state index in [4.69, 9.17) is 5.11 Å². The van der Waals surface area contributed by atoms with Crippen molar-refractivity contribution >= 4 is 11.5 Å². The molecule has 2 N–H and O–H groups in total. The Morgan fingerprint density at radius 1 is 1.43 bits per heavy atom. The van der Waals surface area contributed by atoms with Crippen LogP contribution in [0.2, 0.25) is 0 Å². The molecule has 0 bridgehead atoms. The first-order valence-electron chi connectivity index (χ1n) is 4.51. The lowest BCUT2D eigenvalue weighted by Crippen LogP contribution is -2.07. The minimum Gasteiger partial charge on any atom is -0.478 e. The van der Waals surface area contributed by atoms with Crippen molar-refractivity contribution in [3.8, 4) is 0 Å². The number of carboxylic acid groups (broad SMARTS) is 1. The molecule has 2 rings (SSSR count). The first-order chi connectivity index (χ1) is 6.77. The van der Waals surface area contributed by atoms with Gasteiger partial charge in [0.1, 0.15) is 0 Å². The zero-order valence-electron chi connectivity index (χ0n) is 7.66. The van der Waals surface area contributed by atoms with E-state index in [0.29, 0.717) is 5.56 Å². The van der Waals surface area contributed by atoms with Gasteiger partial charge >= 0.3 is 5.97 Å². The fraction of sp³-hybridized carbons (Fsp3) is 0.182. The molecule has 72 valence electrons. The summed E-state index contributed by atoms with van der Waals surface area (Å²) >= 11 is 0. The van der Waals surface area contributed by atoms with Gasteiger partial charge in [-0.2, -0.15) is 0 Å². The Labute approximate surface area is 82.1 Å². The van der Waals surface area contributed by atoms with Crippen LogP contribution in [0.5, 0.6) is 0 Å². The fourth-order valence-corrected chi connectivity index (χ4v) is 1.55. The van der Waals surface area contributed by atoms with Crippen LogP contribution in [-0.2, 0) is 0 Å². The number of hydrogen-bond donors (Lipinski definition) is 2. The minimum absolute atomic E-state index is 0.343. The summed E-state index contributed by atoms with van der Waals surface area (Å²) in [5.41, 5.74) is 2.51. The van der Waals surface area contributed by atoms with Crippen LogP contribution in [0.15, 0.2) is 30.3 Å². The SMILES string of the molecule is O=C(O)c1cccc(C2=CCNC2)c1. The van der Waals surface area contributed by atoms with E-state index >= 15 is 0 Å². The van der Waals surface area contributed by atoms with Crippen molar-refractivity contribution in [3.63, 3.8) is 0 Å². The van der Waals surface area contributed by atoms with Crippen molar-refractivity contribution in [3.05, 3.63) is 41.5 Å². The van der Waals surface area contributed by atoms with Gasteiger partial charge in [0.25, 0.3) is 0 Å². The number of carboxylic acids is 1. The number of carbonyl (C=O) groups is 1. The maximum absolute atomic E-state index is 10.7. The molecule has 0 spiro atoms. The third-order valence-corrected chi connectivity index (χ3v) is 2.29. The molecule has 0 fully saturated rings. The first-order valence-corrected chi connectivity index (χ1v) is 4.51. The minimum atomic E-state index is -0.876. The lowest BCUT2D eigenvalue weighted by molar-refractivity contribution is 0.0697. The Hall–Kier alpha value is -1.61. The lowest BCUT2D eigenvalue weighted by Gasteiger charge is -2.02. The van der Waals surface area contributed by atoms with Gasteiger partial charge in [0.05, 0.1) is 5.56 Å². The molecule has 0 saturated heterocycles. The maximum Gasteiger partial charge on any atom is 0.335 e. The molecule has 3 heteroatoms. The number of hydrogen-bond acceptors (Lipinski definition) is 2. The Kier molecular flexibility index (Phi) is 2.33. The van der Waals surface area contributed by atoms with Crippen molar-refractivity contribution < 1.29 is 9.90 Å². The molecule has 1 aliphatic heterocycles. The summed E-state index contributed by atoms with van der Waals surface area (Å²) in [5, 5.41) is 12.0. The Morgan fingerprint density at radius 3 is 2.93 bits per heavy atom. The second-order valence-corrected chi connectivity index (χ2v) is 3.25. The average Bonchev–Trinajstić information content (AvgIpc) is 2.71. The highest BCUT2D eigenvalue weighted by Gasteiger charge is 2.08. The lowest BCUT2D eigenvalue weighted by atomic mass is 10.0. The smallest absolute Gasteiger partial charge is 0.335 e. The third kappa shape index (κ3) is 1.67. The first kappa shape index (κ1) is 8.97. The Morgan fingerprint density at radius 2 is 2.29 bits per heavy atom. The summed E-state index contributed by atoms with van der Waals surface area (Å²) in [6, 6.07) is 7.03. The summed E-state index contributed by atoms with van der Waals surface area (Å²) in [5.74, 6) is -0.876. The van der Waals surface area contributed by atoms with Crippen LogP contribution in [0.4, 0.5) is 0 Å². The van der Waals surface area contributed by atoms with Crippen molar-refractivity contribution in [1.29, 1.82) is 0 Å². The summed E-state index contributed by atoms with van der Waals surface area (Å²) in [6.07, 6.45) is 2.08. The summed E-state index contributed by atoms with van der Waals surface area (Å²) in [7, 11) is 0. The van der Waals surface area contributed by atoms with Crippen LogP contribution in [0, 0.1) is 0 Å². The Balaban J connectivity index is 2.34. The topological polar surface area (TPSA) is 49.3 Å². The fourth-order valence-electron chi connectivity index (χ4n) is 1.55. The monoisotopic (exact) mass is 189 g/mol. The molecule has 0 radical (unpaired) electrons. The van der Waals surface area contributed by atoms with Crippen LogP contribution in [0.3, 0.4) is 0 Å². The highest BCUT2D eigenvalue weighted by atomic mass is 16.4. The van der Waals surface area contributed by atoms with E-state index in [2.05, 4.69) is 11.4 Å².